The number of carbonyl (C=O) groups is 2. The van der Waals surface area contributed by atoms with Crippen LogP contribution in [0.5, 0.6) is 0 Å². The lowest BCUT2D eigenvalue weighted by Gasteiger charge is -2.15. The lowest BCUT2D eigenvalue weighted by atomic mass is 9.99. The summed E-state index contributed by atoms with van der Waals surface area (Å²) >= 11 is 0. The molecule has 3 aromatic rings. The van der Waals surface area contributed by atoms with Crippen molar-refractivity contribution in [3.8, 4) is 11.1 Å². The average Bonchev–Trinajstić information content (AvgIpc) is 2.74. The number of aliphatic hydroxyl groups is 1. The molecule has 1 aromatic heterocycles. The maximum Gasteiger partial charge on any atom is 0.257 e. The summed E-state index contributed by atoms with van der Waals surface area (Å²) < 4.78 is 41.6. The van der Waals surface area contributed by atoms with E-state index in [1.54, 1.807) is 20.8 Å². The van der Waals surface area contributed by atoms with Crippen molar-refractivity contribution in [2.75, 3.05) is 11.1 Å². The lowest BCUT2D eigenvalue weighted by Crippen LogP contribution is -2.30. The van der Waals surface area contributed by atoms with Crippen molar-refractivity contribution >= 4 is 23.3 Å². The molecule has 0 saturated heterocycles. The number of hydrogen-bond acceptors (Lipinski definition) is 5. The number of hydrogen-bond donors (Lipinski definition) is 4. The van der Waals surface area contributed by atoms with Crippen molar-refractivity contribution in [2.24, 2.45) is 0 Å². The van der Waals surface area contributed by atoms with Crippen LogP contribution in [0.3, 0.4) is 0 Å². The van der Waals surface area contributed by atoms with Crippen LogP contribution in [0, 0.1) is 24.4 Å². The van der Waals surface area contributed by atoms with E-state index in [0.717, 1.165) is 18.2 Å². The van der Waals surface area contributed by atoms with Gasteiger partial charge in [-0.1, -0.05) is 0 Å². The Hall–Kier alpha value is -3.92. The number of nitrogens with zero attached hydrogens (tertiary/aromatic N) is 1. The molecule has 10 heteroatoms. The van der Waals surface area contributed by atoms with Crippen molar-refractivity contribution < 1.29 is 27.9 Å². The highest BCUT2D eigenvalue weighted by atomic mass is 19.1. The van der Waals surface area contributed by atoms with E-state index in [9.17, 15) is 27.9 Å². The van der Waals surface area contributed by atoms with Crippen LogP contribution < -0.4 is 16.4 Å². The Labute approximate surface area is 193 Å². The number of amides is 2. The second-order valence-electron chi connectivity index (χ2n) is 8.03. The molecule has 7 nitrogen and oxygen atoms in total. The lowest BCUT2D eigenvalue weighted by molar-refractivity contribution is -0.124. The van der Waals surface area contributed by atoms with Gasteiger partial charge in [-0.25, -0.2) is 18.2 Å². The third-order valence-electron chi connectivity index (χ3n) is 4.91. The quantitative estimate of drug-likeness (QED) is 0.435. The molecule has 0 aliphatic carbocycles. The SMILES string of the molecule is Cc1cc(NC(=O)C(O)c2cc(F)cc(F)c2)c(F)cc1-c1cnc(N)c(C(=O)NC(C)C)c1. The van der Waals surface area contributed by atoms with E-state index in [4.69, 9.17) is 5.73 Å². The van der Waals surface area contributed by atoms with Crippen molar-refractivity contribution in [2.45, 2.75) is 32.9 Å². The highest BCUT2D eigenvalue weighted by Crippen LogP contribution is 2.30. The van der Waals surface area contributed by atoms with Crippen LogP contribution in [0.2, 0.25) is 0 Å². The molecule has 2 amide bonds. The molecule has 0 saturated carbocycles. The molecule has 2 aromatic carbocycles. The fourth-order valence-corrected chi connectivity index (χ4v) is 3.32. The Kier molecular flexibility index (Phi) is 7.21. The highest BCUT2D eigenvalue weighted by Gasteiger charge is 2.21. The molecule has 0 radical (unpaired) electrons. The van der Waals surface area contributed by atoms with Crippen molar-refractivity contribution in [1.82, 2.24) is 10.3 Å². The van der Waals surface area contributed by atoms with Crippen molar-refractivity contribution in [3.05, 3.63) is 76.7 Å². The van der Waals surface area contributed by atoms with Gasteiger partial charge >= 0.3 is 0 Å². The van der Waals surface area contributed by atoms with E-state index in [1.165, 1.54) is 18.3 Å². The predicted octanol–water partition coefficient (Wildman–Crippen LogP) is 3.87. The number of benzene rings is 2. The van der Waals surface area contributed by atoms with Gasteiger partial charge in [-0.15, -0.1) is 0 Å². The molecule has 1 unspecified atom stereocenters. The zero-order chi connectivity index (χ0) is 25.2. The van der Waals surface area contributed by atoms with E-state index in [-0.39, 0.29) is 28.7 Å². The van der Waals surface area contributed by atoms with Gasteiger partial charge in [0.2, 0.25) is 0 Å². The molecule has 178 valence electrons. The first-order valence-electron chi connectivity index (χ1n) is 10.3. The van der Waals surface area contributed by atoms with Gasteiger partial charge in [0.1, 0.15) is 23.3 Å². The minimum atomic E-state index is -1.92. The summed E-state index contributed by atoms with van der Waals surface area (Å²) in [5.41, 5.74) is 6.73. The van der Waals surface area contributed by atoms with Gasteiger partial charge < -0.3 is 21.5 Å². The molecule has 5 N–H and O–H groups in total. The smallest absolute Gasteiger partial charge is 0.257 e. The summed E-state index contributed by atoms with van der Waals surface area (Å²) in [6, 6.07) is 6.03. The molecule has 0 aliphatic heterocycles. The zero-order valence-corrected chi connectivity index (χ0v) is 18.6. The number of nitrogens with two attached hydrogens (primary N) is 1. The molecule has 1 heterocycles. The fraction of sp³-hybridized carbons (Fsp3) is 0.208. The van der Waals surface area contributed by atoms with Gasteiger partial charge in [-0.3, -0.25) is 9.59 Å². The van der Waals surface area contributed by atoms with E-state index in [2.05, 4.69) is 15.6 Å². The largest absolute Gasteiger partial charge is 0.383 e. The van der Waals surface area contributed by atoms with Gasteiger partial charge in [0, 0.05) is 23.9 Å². The third kappa shape index (κ3) is 5.52. The monoisotopic (exact) mass is 472 g/mol. The van der Waals surface area contributed by atoms with E-state index in [1.807, 2.05) is 0 Å². The molecule has 3 rings (SSSR count). The number of aryl methyl sites for hydroxylation is 1. The number of nitrogens with one attached hydrogen (secondary N) is 2. The number of carbonyl (C=O) groups excluding carboxylic acids is 2. The summed E-state index contributed by atoms with van der Waals surface area (Å²) in [6.07, 6.45) is -0.531. The van der Waals surface area contributed by atoms with E-state index < -0.39 is 35.4 Å². The van der Waals surface area contributed by atoms with Crippen LogP contribution in [0.25, 0.3) is 11.1 Å². The van der Waals surface area contributed by atoms with Crippen LogP contribution in [-0.2, 0) is 4.79 Å². The van der Waals surface area contributed by atoms with Gasteiger partial charge in [0.25, 0.3) is 11.8 Å². The maximum atomic E-state index is 14.8. The van der Waals surface area contributed by atoms with Gasteiger partial charge in [-0.2, -0.15) is 0 Å². The molecular weight excluding hydrogens is 449 g/mol. The topological polar surface area (TPSA) is 117 Å². The molecule has 34 heavy (non-hydrogen) atoms. The van der Waals surface area contributed by atoms with Crippen LogP contribution in [0.1, 0.15) is 41.4 Å². The molecule has 0 spiro atoms. The fourth-order valence-electron chi connectivity index (χ4n) is 3.32. The van der Waals surface area contributed by atoms with Gasteiger partial charge in [0.15, 0.2) is 6.10 Å². The number of aromatic nitrogens is 1. The Balaban J connectivity index is 1.88. The van der Waals surface area contributed by atoms with Crippen molar-refractivity contribution in [1.29, 1.82) is 0 Å². The van der Waals surface area contributed by atoms with E-state index >= 15 is 0 Å². The normalized spacial score (nSPS) is 11.9. The van der Waals surface area contributed by atoms with Crippen LogP contribution in [0.15, 0.2) is 42.6 Å². The van der Waals surface area contributed by atoms with Crippen LogP contribution in [0.4, 0.5) is 24.7 Å². The number of halogens is 3. The minimum Gasteiger partial charge on any atom is -0.383 e. The van der Waals surface area contributed by atoms with Crippen LogP contribution in [-0.4, -0.2) is 27.9 Å². The average molecular weight is 472 g/mol. The minimum absolute atomic E-state index is 0.0201. The van der Waals surface area contributed by atoms with Gasteiger partial charge in [0.05, 0.1) is 11.3 Å². The summed E-state index contributed by atoms with van der Waals surface area (Å²) in [5.74, 6) is -4.24. The second-order valence-corrected chi connectivity index (χ2v) is 8.03. The predicted molar refractivity (Wildman–Crippen MR) is 121 cm³/mol. The number of pyridine rings is 1. The summed E-state index contributed by atoms with van der Waals surface area (Å²) in [6.45, 7) is 5.23. The Morgan fingerprint density at radius 2 is 1.68 bits per heavy atom. The van der Waals surface area contributed by atoms with Crippen LogP contribution >= 0.6 is 0 Å². The maximum absolute atomic E-state index is 14.8. The second kappa shape index (κ2) is 9.92. The standard InChI is InChI=1S/C24H23F3N4O3/c1-11(2)30-23(33)18-7-14(10-29-22(18)28)17-9-19(27)20(4-12(17)3)31-24(34)21(32)13-5-15(25)8-16(26)6-13/h4-11,21,32H,1-3H3,(H2,28,29)(H,30,33)(H,31,34). The highest BCUT2D eigenvalue weighted by molar-refractivity contribution is 6.00. The van der Waals surface area contributed by atoms with Crippen molar-refractivity contribution in [3.63, 3.8) is 0 Å². The van der Waals surface area contributed by atoms with E-state index in [0.29, 0.717) is 22.8 Å². The Morgan fingerprint density at radius 1 is 1.03 bits per heavy atom. The Morgan fingerprint density at radius 3 is 2.29 bits per heavy atom. The summed E-state index contributed by atoms with van der Waals surface area (Å²) in [5, 5.41) is 15.1. The molecular formula is C24H23F3N4O3. The number of rotatable bonds is 6. The first-order chi connectivity index (χ1) is 16.0. The first kappa shape index (κ1) is 24.7. The number of anilines is 2. The zero-order valence-electron chi connectivity index (χ0n) is 18.6. The molecule has 0 aliphatic rings. The summed E-state index contributed by atoms with van der Waals surface area (Å²) in [7, 11) is 0. The van der Waals surface area contributed by atoms with Gasteiger partial charge in [-0.05, 0) is 67.8 Å². The molecule has 0 bridgehead atoms. The summed E-state index contributed by atoms with van der Waals surface area (Å²) in [4.78, 5) is 28.8. The molecule has 0 fully saturated rings. The first-order valence-corrected chi connectivity index (χ1v) is 10.3. The molecule has 1 atom stereocenters. The Bertz CT molecular complexity index is 1240. The number of aliphatic hydroxyl groups excluding tert-OH is 1. The number of nitrogen functional groups attached to an aromatic ring is 1. The third-order valence-corrected chi connectivity index (χ3v) is 4.91.